The topological polar surface area (TPSA) is 87.1 Å². The molecular weight excluding hydrogens is 216 g/mol. The van der Waals surface area contributed by atoms with Gasteiger partial charge in [-0.1, -0.05) is 13.0 Å². The van der Waals surface area contributed by atoms with Gasteiger partial charge in [-0.05, 0) is 18.4 Å². The lowest BCUT2D eigenvalue weighted by Gasteiger charge is -2.24. The molecule has 2 atom stereocenters. The van der Waals surface area contributed by atoms with Gasteiger partial charge in [-0.25, -0.2) is 8.42 Å². The molecule has 0 spiro atoms. The monoisotopic (exact) mass is 230 g/mol. The van der Waals surface area contributed by atoms with Crippen molar-refractivity contribution in [3.8, 4) is 0 Å². The molecule has 6 heteroatoms. The molecule has 5 nitrogen and oxygen atoms in total. The second-order valence-electron chi connectivity index (χ2n) is 3.73. The quantitative estimate of drug-likeness (QED) is 0.721. The lowest BCUT2D eigenvalue weighted by molar-refractivity contribution is -0.117. The van der Waals surface area contributed by atoms with Crippen molar-refractivity contribution in [2.24, 2.45) is 5.92 Å². The van der Waals surface area contributed by atoms with Crippen LogP contribution in [0.25, 0.3) is 0 Å². The Balaban J connectivity index is 2.93. The summed E-state index contributed by atoms with van der Waals surface area (Å²) in [5.41, 5.74) is 0.414. The first-order chi connectivity index (χ1) is 6.83. The van der Waals surface area contributed by atoms with E-state index in [1.165, 1.54) is 12.2 Å². The second kappa shape index (κ2) is 4.14. The van der Waals surface area contributed by atoms with E-state index in [0.29, 0.717) is 12.1 Å². The Morgan fingerprint density at radius 2 is 2.20 bits per heavy atom. The fourth-order valence-electron chi connectivity index (χ4n) is 1.61. The van der Waals surface area contributed by atoms with Gasteiger partial charge in [0.05, 0.1) is 0 Å². The van der Waals surface area contributed by atoms with Gasteiger partial charge < -0.3 is 5.41 Å². The molecule has 2 unspecified atom stereocenters. The van der Waals surface area contributed by atoms with E-state index in [2.05, 4.69) is 0 Å². The third kappa shape index (κ3) is 2.89. The first-order valence-electron chi connectivity index (χ1n) is 4.61. The van der Waals surface area contributed by atoms with Crippen molar-refractivity contribution in [2.45, 2.75) is 25.5 Å². The Morgan fingerprint density at radius 1 is 1.60 bits per heavy atom. The van der Waals surface area contributed by atoms with Crippen molar-refractivity contribution in [3.05, 3.63) is 12.2 Å². The first kappa shape index (κ1) is 11.9. The van der Waals surface area contributed by atoms with Crippen LogP contribution in [-0.2, 0) is 14.8 Å². The third-order valence-corrected chi connectivity index (χ3v) is 4.14. The van der Waals surface area contributed by atoms with Crippen molar-refractivity contribution in [1.29, 1.82) is 5.41 Å². The van der Waals surface area contributed by atoms with Crippen LogP contribution >= 0.6 is 0 Å². The maximum atomic E-state index is 11.7. The zero-order valence-electron chi connectivity index (χ0n) is 8.65. The van der Waals surface area contributed by atoms with Crippen LogP contribution in [-0.4, -0.2) is 25.3 Å². The summed E-state index contributed by atoms with van der Waals surface area (Å²) in [6.45, 7) is 2.92. The van der Waals surface area contributed by atoms with Crippen LogP contribution in [0, 0.1) is 11.3 Å². The molecule has 0 radical (unpaired) electrons. The molecule has 0 aliphatic heterocycles. The number of hydrogen-bond acceptors (Lipinski definition) is 4. The van der Waals surface area contributed by atoms with Gasteiger partial charge in [-0.3, -0.25) is 9.52 Å². The highest BCUT2D eigenvalue weighted by Gasteiger charge is 2.31. The SMILES string of the molecule is CC(=O)NS(=O)(=O)C1C=CC(=N)CC1C. The zero-order chi connectivity index (χ0) is 11.6. The summed E-state index contributed by atoms with van der Waals surface area (Å²) in [6.07, 6.45) is 3.35. The first-order valence-corrected chi connectivity index (χ1v) is 6.15. The number of hydrogen-bond donors (Lipinski definition) is 2. The molecule has 0 heterocycles. The summed E-state index contributed by atoms with van der Waals surface area (Å²) in [4.78, 5) is 10.7. The Hall–Kier alpha value is -1.17. The number of amides is 1. The second-order valence-corrected chi connectivity index (χ2v) is 5.57. The summed E-state index contributed by atoms with van der Waals surface area (Å²) in [5.74, 6) is -0.768. The number of sulfonamides is 1. The van der Waals surface area contributed by atoms with Gasteiger partial charge in [-0.2, -0.15) is 0 Å². The lowest BCUT2D eigenvalue weighted by Crippen LogP contribution is -2.41. The molecule has 0 bridgehead atoms. The molecule has 0 fully saturated rings. The van der Waals surface area contributed by atoms with Crippen LogP contribution in [0.3, 0.4) is 0 Å². The molecule has 0 saturated heterocycles. The summed E-state index contributed by atoms with van der Waals surface area (Å²) < 4.78 is 25.3. The Morgan fingerprint density at radius 3 is 2.67 bits per heavy atom. The van der Waals surface area contributed by atoms with Crippen LogP contribution in [0.5, 0.6) is 0 Å². The van der Waals surface area contributed by atoms with Crippen molar-refractivity contribution in [3.63, 3.8) is 0 Å². The van der Waals surface area contributed by atoms with Gasteiger partial charge in [0, 0.05) is 12.6 Å². The fourth-order valence-corrected chi connectivity index (χ4v) is 3.14. The minimum atomic E-state index is -3.64. The van der Waals surface area contributed by atoms with Gasteiger partial charge in [0.2, 0.25) is 15.9 Å². The normalized spacial score (nSPS) is 26.4. The fraction of sp³-hybridized carbons (Fsp3) is 0.556. The summed E-state index contributed by atoms with van der Waals surface area (Å²) >= 11 is 0. The number of rotatable bonds is 2. The van der Waals surface area contributed by atoms with Crippen molar-refractivity contribution in [1.82, 2.24) is 4.72 Å². The van der Waals surface area contributed by atoms with Crippen LogP contribution in [0.2, 0.25) is 0 Å². The summed E-state index contributed by atoms with van der Waals surface area (Å²) in [6, 6.07) is 0. The maximum Gasteiger partial charge on any atom is 0.241 e. The van der Waals surface area contributed by atoms with Gasteiger partial charge in [-0.15, -0.1) is 0 Å². The van der Waals surface area contributed by atoms with E-state index in [1.807, 2.05) is 4.72 Å². The molecule has 0 saturated carbocycles. The Bertz CT molecular complexity index is 411. The van der Waals surface area contributed by atoms with Gasteiger partial charge in [0.1, 0.15) is 5.25 Å². The van der Waals surface area contributed by atoms with E-state index in [9.17, 15) is 13.2 Å². The average molecular weight is 230 g/mol. The third-order valence-electron chi connectivity index (χ3n) is 2.23. The molecular formula is C9H14N2O3S. The number of nitrogens with one attached hydrogen (secondary N) is 2. The average Bonchev–Trinajstić information content (AvgIpc) is 1.99. The number of carbonyl (C=O) groups is 1. The van der Waals surface area contributed by atoms with Crippen LogP contribution in [0.15, 0.2) is 12.2 Å². The van der Waals surface area contributed by atoms with Gasteiger partial charge in [0.25, 0.3) is 0 Å². The van der Waals surface area contributed by atoms with Crippen molar-refractivity contribution in [2.75, 3.05) is 0 Å². The van der Waals surface area contributed by atoms with E-state index in [4.69, 9.17) is 5.41 Å². The zero-order valence-corrected chi connectivity index (χ0v) is 9.47. The summed E-state index contributed by atoms with van der Waals surface area (Å²) in [7, 11) is -3.64. The largest absolute Gasteiger partial charge is 0.305 e. The minimum absolute atomic E-state index is 0.181. The molecule has 0 aromatic rings. The van der Waals surface area contributed by atoms with Crippen LogP contribution in [0.4, 0.5) is 0 Å². The highest BCUT2D eigenvalue weighted by Crippen LogP contribution is 2.21. The molecule has 1 aliphatic carbocycles. The van der Waals surface area contributed by atoms with Crippen LogP contribution < -0.4 is 4.72 Å². The predicted octanol–water partition coefficient (Wildman–Crippen LogP) is 0.437. The van der Waals surface area contributed by atoms with Gasteiger partial charge >= 0.3 is 0 Å². The molecule has 1 rings (SSSR count). The molecule has 1 amide bonds. The summed E-state index contributed by atoms with van der Waals surface area (Å²) in [5, 5.41) is 6.66. The molecule has 0 aromatic carbocycles. The Kier molecular flexibility index (Phi) is 3.28. The van der Waals surface area contributed by atoms with E-state index in [-0.39, 0.29) is 5.92 Å². The van der Waals surface area contributed by atoms with E-state index in [0.717, 1.165) is 6.92 Å². The number of carbonyl (C=O) groups excluding carboxylic acids is 1. The molecule has 15 heavy (non-hydrogen) atoms. The number of allylic oxidation sites excluding steroid dienone is 1. The maximum absolute atomic E-state index is 11.7. The molecule has 1 aliphatic rings. The highest BCUT2D eigenvalue weighted by molar-refractivity contribution is 7.90. The predicted molar refractivity (Wildman–Crippen MR) is 57.2 cm³/mol. The highest BCUT2D eigenvalue weighted by atomic mass is 32.2. The van der Waals surface area contributed by atoms with Crippen molar-refractivity contribution < 1.29 is 13.2 Å². The molecule has 84 valence electrons. The van der Waals surface area contributed by atoms with E-state index in [1.54, 1.807) is 6.92 Å². The molecule has 0 aromatic heterocycles. The smallest absolute Gasteiger partial charge is 0.241 e. The minimum Gasteiger partial charge on any atom is -0.305 e. The van der Waals surface area contributed by atoms with Gasteiger partial charge in [0.15, 0.2) is 0 Å². The van der Waals surface area contributed by atoms with E-state index < -0.39 is 21.2 Å². The van der Waals surface area contributed by atoms with Crippen molar-refractivity contribution >= 4 is 21.6 Å². The Labute approximate surface area is 89.1 Å². The standard InChI is InChI=1S/C9H14N2O3S/c1-6-5-8(10)3-4-9(6)15(13,14)11-7(2)12/h3-4,6,9-10H,5H2,1-2H3,(H,11,12). The van der Waals surface area contributed by atoms with E-state index >= 15 is 0 Å². The van der Waals surface area contributed by atoms with Crippen LogP contribution in [0.1, 0.15) is 20.3 Å². The molecule has 2 N–H and O–H groups in total. The lowest BCUT2D eigenvalue weighted by atomic mass is 9.95.